The number of allylic oxidation sites excluding steroid dienone is 1. The van der Waals surface area contributed by atoms with Crippen molar-refractivity contribution in [2.75, 3.05) is 18.5 Å². The van der Waals surface area contributed by atoms with Gasteiger partial charge in [0.25, 0.3) is 5.91 Å². The van der Waals surface area contributed by atoms with Gasteiger partial charge < -0.3 is 19.8 Å². The number of benzene rings is 3. The maximum Gasteiger partial charge on any atom is 0.262 e. The van der Waals surface area contributed by atoms with Gasteiger partial charge >= 0.3 is 0 Å². The number of nitrogens with zero attached hydrogens (tertiary/aromatic N) is 2. The summed E-state index contributed by atoms with van der Waals surface area (Å²) in [5.74, 6) is -0.141. The van der Waals surface area contributed by atoms with Crippen LogP contribution in [0.5, 0.6) is 11.5 Å². The lowest BCUT2D eigenvalue weighted by Crippen LogP contribution is -2.20. The number of halogens is 3. The number of nitrogens with one attached hydrogen (secondary N) is 2. The fraction of sp³-hybridized carbons (Fsp3) is 0.115. The predicted molar refractivity (Wildman–Crippen MR) is 140 cm³/mol. The summed E-state index contributed by atoms with van der Waals surface area (Å²) in [7, 11) is 0. The predicted octanol–water partition coefficient (Wildman–Crippen LogP) is 5.93. The van der Waals surface area contributed by atoms with Crippen molar-refractivity contribution in [1.82, 2.24) is 9.97 Å². The van der Waals surface area contributed by atoms with Crippen molar-refractivity contribution in [3.8, 4) is 17.6 Å². The van der Waals surface area contributed by atoms with Crippen molar-refractivity contribution in [3.05, 3.63) is 81.2 Å². The molecule has 182 valence electrons. The van der Waals surface area contributed by atoms with Gasteiger partial charge in [-0.2, -0.15) is 5.26 Å². The van der Waals surface area contributed by atoms with E-state index in [1.807, 2.05) is 6.92 Å². The molecule has 0 atom stereocenters. The highest BCUT2D eigenvalue weighted by Crippen LogP contribution is 2.35. The van der Waals surface area contributed by atoms with E-state index in [4.69, 9.17) is 9.47 Å². The Morgan fingerprint density at radius 2 is 1.89 bits per heavy atom. The van der Waals surface area contributed by atoms with Crippen LogP contribution in [0.4, 0.5) is 14.5 Å². The zero-order chi connectivity index (χ0) is 25.7. The summed E-state index contributed by atoms with van der Waals surface area (Å²) in [5.41, 5.74) is 2.37. The standard InChI is InChI=1S/C26H19F2IN4O3/c1-2-35-23-11-15(9-16(13-30)26-32-21-8-5-18(28)12-22(21)33-26)10-20(29)25(23)36-14-24(34)31-19-6-3-17(27)4-7-19/h3-12H,2,14H2,1H3,(H,31,34)(H,32,33)/b16-9-. The van der Waals surface area contributed by atoms with Crippen LogP contribution in [0.3, 0.4) is 0 Å². The van der Waals surface area contributed by atoms with Crippen molar-refractivity contribution in [2.45, 2.75) is 6.92 Å². The van der Waals surface area contributed by atoms with Crippen LogP contribution in [0.15, 0.2) is 54.6 Å². The summed E-state index contributed by atoms with van der Waals surface area (Å²) in [4.78, 5) is 19.6. The SMILES string of the molecule is CCOc1cc(/C=C(/C#N)c2nc3ccc(F)cc3[nH]2)cc(I)c1OCC(=O)Nc1ccc(F)cc1. The number of amides is 1. The second-order valence-electron chi connectivity index (χ2n) is 7.52. The van der Waals surface area contributed by atoms with Crippen LogP contribution in [0.25, 0.3) is 22.7 Å². The zero-order valence-corrected chi connectivity index (χ0v) is 21.1. The lowest BCUT2D eigenvalue weighted by molar-refractivity contribution is -0.118. The van der Waals surface area contributed by atoms with Crippen molar-refractivity contribution >= 4 is 56.9 Å². The number of ether oxygens (including phenoxy) is 2. The Morgan fingerprint density at radius 1 is 1.14 bits per heavy atom. The van der Waals surface area contributed by atoms with E-state index < -0.39 is 17.5 Å². The number of fused-ring (bicyclic) bond motifs is 1. The number of carbonyl (C=O) groups is 1. The van der Waals surface area contributed by atoms with Crippen molar-refractivity contribution < 1.29 is 23.0 Å². The number of anilines is 1. The molecule has 0 bridgehead atoms. The van der Waals surface area contributed by atoms with E-state index in [2.05, 4.69) is 43.9 Å². The average Bonchev–Trinajstić information content (AvgIpc) is 3.26. The van der Waals surface area contributed by atoms with Crippen molar-refractivity contribution in [2.24, 2.45) is 0 Å². The maximum absolute atomic E-state index is 13.5. The third-order valence-electron chi connectivity index (χ3n) is 4.94. The number of imidazole rings is 1. The molecule has 36 heavy (non-hydrogen) atoms. The van der Waals surface area contributed by atoms with E-state index >= 15 is 0 Å². The highest BCUT2D eigenvalue weighted by atomic mass is 127. The third kappa shape index (κ3) is 5.98. The number of aromatic amines is 1. The summed E-state index contributed by atoms with van der Waals surface area (Å²) < 4.78 is 38.7. The lowest BCUT2D eigenvalue weighted by atomic mass is 10.1. The number of aromatic nitrogens is 2. The van der Waals surface area contributed by atoms with E-state index in [1.165, 1.54) is 42.5 Å². The van der Waals surface area contributed by atoms with Crippen molar-refractivity contribution in [3.63, 3.8) is 0 Å². The Labute approximate surface area is 218 Å². The van der Waals surface area contributed by atoms with Crippen LogP contribution in [0, 0.1) is 26.5 Å². The van der Waals surface area contributed by atoms with Gasteiger partial charge in [0.15, 0.2) is 18.1 Å². The minimum absolute atomic E-state index is 0.247. The topological polar surface area (TPSA) is 100 Å². The molecule has 0 unspecified atom stereocenters. The quantitative estimate of drug-likeness (QED) is 0.193. The first kappa shape index (κ1) is 25.1. The molecule has 0 aliphatic carbocycles. The van der Waals surface area contributed by atoms with E-state index in [0.717, 1.165) is 0 Å². The molecule has 1 heterocycles. The van der Waals surface area contributed by atoms with Crippen LogP contribution >= 0.6 is 22.6 Å². The Morgan fingerprint density at radius 3 is 2.61 bits per heavy atom. The van der Waals surface area contributed by atoms with E-state index in [9.17, 15) is 18.8 Å². The highest BCUT2D eigenvalue weighted by Gasteiger charge is 2.15. The van der Waals surface area contributed by atoms with Gasteiger partial charge in [-0.1, -0.05) is 0 Å². The number of nitriles is 1. The number of H-pyrrole nitrogens is 1. The van der Waals surface area contributed by atoms with E-state index in [-0.39, 0.29) is 12.2 Å². The van der Waals surface area contributed by atoms with Gasteiger partial charge in [-0.15, -0.1) is 0 Å². The molecule has 1 aromatic heterocycles. The molecule has 1 amide bonds. The molecule has 0 radical (unpaired) electrons. The molecule has 7 nitrogen and oxygen atoms in total. The normalized spacial score (nSPS) is 11.2. The number of hydrogen-bond acceptors (Lipinski definition) is 5. The van der Waals surface area contributed by atoms with Crippen LogP contribution in [0.2, 0.25) is 0 Å². The van der Waals surface area contributed by atoms with Gasteiger partial charge in [0.1, 0.15) is 23.5 Å². The summed E-state index contributed by atoms with van der Waals surface area (Å²) in [5, 5.41) is 12.4. The van der Waals surface area contributed by atoms with Gasteiger partial charge in [0.05, 0.1) is 26.8 Å². The molecular weight excluding hydrogens is 581 g/mol. The Hall–Kier alpha value is -3.98. The summed E-state index contributed by atoms with van der Waals surface area (Å²) >= 11 is 2.06. The third-order valence-corrected chi connectivity index (χ3v) is 5.74. The smallest absolute Gasteiger partial charge is 0.262 e. The fourth-order valence-corrected chi connectivity index (χ4v) is 4.15. The second kappa shape index (κ2) is 11.2. The van der Waals surface area contributed by atoms with Crippen LogP contribution < -0.4 is 14.8 Å². The average molecular weight is 600 g/mol. The maximum atomic E-state index is 13.5. The summed E-state index contributed by atoms with van der Waals surface area (Å²) in [6, 6.07) is 15.1. The van der Waals surface area contributed by atoms with Gasteiger partial charge in [-0.3, -0.25) is 4.79 Å². The largest absolute Gasteiger partial charge is 0.490 e. The number of rotatable bonds is 8. The van der Waals surface area contributed by atoms with Crippen LogP contribution in [-0.2, 0) is 4.79 Å². The molecule has 3 aromatic carbocycles. The van der Waals surface area contributed by atoms with E-state index in [1.54, 1.807) is 18.2 Å². The monoisotopic (exact) mass is 600 g/mol. The first-order valence-electron chi connectivity index (χ1n) is 10.8. The van der Waals surface area contributed by atoms with Gasteiger partial charge in [0.2, 0.25) is 0 Å². The molecule has 0 fully saturated rings. The lowest BCUT2D eigenvalue weighted by Gasteiger charge is -2.15. The molecule has 0 aliphatic heterocycles. The minimum atomic E-state index is -0.420. The minimum Gasteiger partial charge on any atom is -0.490 e. The molecule has 0 spiro atoms. The first-order valence-corrected chi connectivity index (χ1v) is 11.9. The Kier molecular flexibility index (Phi) is 7.80. The number of carbonyl (C=O) groups excluding carboxylic acids is 1. The second-order valence-corrected chi connectivity index (χ2v) is 8.69. The Bertz CT molecular complexity index is 1490. The summed E-state index contributed by atoms with van der Waals surface area (Å²) in [6.45, 7) is 1.87. The molecule has 10 heteroatoms. The zero-order valence-electron chi connectivity index (χ0n) is 18.9. The molecule has 0 saturated carbocycles. The molecule has 2 N–H and O–H groups in total. The van der Waals surface area contributed by atoms with Gasteiger partial charge in [-0.25, -0.2) is 13.8 Å². The fourth-order valence-electron chi connectivity index (χ4n) is 3.37. The highest BCUT2D eigenvalue weighted by molar-refractivity contribution is 14.1. The molecule has 0 aliphatic rings. The first-order chi connectivity index (χ1) is 17.4. The summed E-state index contributed by atoms with van der Waals surface area (Å²) in [6.07, 6.45) is 1.63. The van der Waals surface area contributed by atoms with Gasteiger partial charge in [-0.05, 0) is 95.8 Å². The van der Waals surface area contributed by atoms with Gasteiger partial charge in [0, 0.05) is 5.69 Å². The molecule has 0 saturated heterocycles. The Balaban J connectivity index is 1.56. The van der Waals surface area contributed by atoms with Crippen molar-refractivity contribution in [1.29, 1.82) is 5.26 Å². The van der Waals surface area contributed by atoms with Crippen LogP contribution in [-0.4, -0.2) is 29.1 Å². The van der Waals surface area contributed by atoms with E-state index in [0.29, 0.717) is 49.8 Å². The van der Waals surface area contributed by atoms with Crippen LogP contribution in [0.1, 0.15) is 18.3 Å². The molecule has 4 rings (SSSR count). The molecular formula is C26H19F2IN4O3. The number of hydrogen-bond donors (Lipinski definition) is 2. The molecule has 4 aromatic rings.